The lowest BCUT2D eigenvalue weighted by Crippen LogP contribution is -2.35. The van der Waals surface area contributed by atoms with Crippen molar-refractivity contribution in [3.63, 3.8) is 0 Å². The van der Waals surface area contributed by atoms with Crippen LogP contribution in [0, 0.1) is 6.92 Å². The average molecular weight is 369 g/mol. The Labute approximate surface area is 157 Å². The van der Waals surface area contributed by atoms with Gasteiger partial charge in [0.25, 0.3) is 0 Å². The van der Waals surface area contributed by atoms with Gasteiger partial charge in [0.2, 0.25) is 0 Å². The molecule has 0 aromatic carbocycles. The number of imidazole rings is 1. The molecule has 4 rings (SSSR count). The highest BCUT2D eigenvalue weighted by atomic mass is 32.1. The van der Waals surface area contributed by atoms with Crippen molar-refractivity contribution < 1.29 is 0 Å². The number of aromatic nitrogens is 5. The molecule has 0 saturated carbocycles. The molecule has 1 N–H and O–H groups in total. The van der Waals surface area contributed by atoms with Crippen LogP contribution in [0.5, 0.6) is 0 Å². The molecule has 0 amide bonds. The monoisotopic (exact) mass is 369 g/mol. The van der Waals surface area contributed by atoms with E-state index >= 15 is 0 Å². The number of piperidine rings is 1. The van der Waals surface area contributed by atoms with E-state index in [1.165, 1.54) is 4.88 Å². The second-order valence-electron chi connectivity index (χ2n) is 6.72. The minimum Gasteiger partial charge on any atom is -0.337 e. The van der Waals surface area contributed by atoms with Crippen LogP contribution in [0.1, 0.15) is 35.2 Å². The molecule has 1 atom stereocenters. The van der Waals surface area contributed by atoms with Crippen LogP contribution in [0.25, 0.3) is 0 Å². The van der Waals surface area contributed by atoms with Crippen LogP contribution in [0.15, 0.2) is 31.0 Å². The van der Waals surface area contributed by atoms with Crippen molar-refractivity contribution >= 4 is 22.3 Å². The summed E-state index contributed by atoms with van der Waals surface area (Å²) in [5, 5.41) is 4.22. The van der Waals surface area contributed by atoms with Crippen molar-refractivity contribution in [2.75, 3.05) is 18.4 Å². The van der Waals surface area contributed by atoms with E-state index in [1.807, 2.05) is 25.6 Å². The van der Waals surface area contributed by atoms with Crippen molar-refractivity contribution in [1.82, 2.24) is 29.4 Å². The van der Waals surface area contributed by atoms with E-state index in [4.69, 9.17) is 0 Å². The lowest BCUT2D eigenvalue weighted by atomic mass is 9.94. The maximum atomic E-state index is 4.66. The first-order valence-electron chi connectivity index (χ1n) is 8.88. The highest BCUT2D eigenvalue weighted by Gasteiger charge is 2.26. The number of hydrogen-bond acceptors (Lipinski definition) is 7. The van der Waals surface area contributed by atoms with E-state index in [0.29, 0.717) is 5.92 Å². The summed E-state index contributed by atoms with van der Waals surface area (Å²) in [6.45, 7) is 4.99. The molecule has 8 heteroatoms. The number of nitrogens with one attached hydrogen (secondary N) is 1. The Morgan fingerprint density at radius 2 is 2.08 bits per heavy atom. The van der Waals surface area contributed by atoms with Gasteiger partial charge in [0.15, 0.2) is 10.9 Å². The number of aryl methyl sites for hydroxylation is 2. The third kappa shape index (κ3) is 3.76. The fraction of sp³-hybridized carbons (Fsp3) is 0.444. The highest BCUT2D eigenvalue weighted by Crippen LogP contribution is 2.31. The van der Waals surface area contributed by atoms with Crippen LogP contribution in [0.2, 0.25) is 0 Å². The molecule has 7 nitrogen and oxygen atoms in total. The molecule has 4 heterocycles. The Kier molecular flexibility index (Phi) is 4.94. The van der Waals surface area contributed by atoms with Gasteiger partial charge in [-0.3, -0.25) is 9.88 Å². The fourth-order valence-electron chi connectivity index (χ4n) is 3.43. The molecule has 0 aliphatic carbocycles. The maximum Gasteiger partial charge on any atom is 0.188 e. The molecule has 0 unspecified atom stereocenters. The second kappa shape index (κ2) is 7.51. The van der Waals surface area contributed by atoms with Gasteiger partial charge in [-0.15, -0.1) is 11.3 Å². The zero-order valence-electron chi connectivity index (χ0n) is 15.1. The second-order valence-corrected chi connectivity index (χ2v) is 7.95. The van der Waals surface area contributed by atoms with E-state index in [0.717, 1.165) is 54.9 Å². The van der Waals surface area contributed by atoms with Crippen molar-refractivity contribution in [1.29, 1.82) is 0 Å². The zero-order valence-corrected chi connectivity index (χ0v) is 15.9. The van der Waals surface area contributed by atoms with Gasteiger partial charge in [-0.25, -0.2) is 15.0 Å². The number of hydrogen-bond donors (Lipinski definition) is 1. The summed E-state index contributed by atoms with van der Waals surface area (Å²) >= 11 is 1.63. The first-order chi connectivity index (χ1) is 12.7. The fourth-order valence-corrected chi connectivity index (χ4v) is 4.09. The molecule has 0 bridgehead atoms. The van der Waals surface area contributed by atoms with Crippen molar-refractivity contribution in [3.05, 3.63) is 47.4 Å². The van der Waals surface area contributed by atoms with E-state index < -0.39 is 0 Å². The predicted octanol–water partition coefficient (Wildman–Crippen LogP) is 3.10. The van der Waals surface area contributed by atoms with Gasteiger partial charge in [0.1, 0.15) is 5.82 Å². The number of thiazole rings is 1. The summed E-state index contributed by atoms with van der Waals surface area (Å²) in [6.07, 6.45) is 11.5. The summed E-state index contributed by atoms with van der Waals surface area (Å²) in [5.74, 6) is 2.29. The first-order valence-corrected chi connectivity index (χ1v) is 9.69. The molecule has 1 aliphatic rings. The highest BCUT2D eigenvalue weighted by molar-refractivity contribution is 7.15. The van der Waals surface area contributed by atoms with Gasteiger partial charge in [-0.2, -0.15) is 0 Å². The van der Waals surface area contributed by atoms with Gasteiger partial charge >= 0.3 is 0 Å². The summed E-state index contributed by atoms with van der Waals surface area (Å²) in [7, 11) is 2.05. The molecular weight excluding hydrogens is 346 g/mol. The van der Waals surface area contributed by atoms with Crippen LogP contribution in [-0.2, 0) is 13.6 Å². The summed E-state index contributed by atoms with van der Waals surface area (Å²) in [5.41, 5.74) is 1.03. The largest absolute Gasteiger partial charge is 0.337 e. The van der Waals surface area contributed by atoms with Gasteiger partial charge in [-0.1, -0.05) is 0 Å². The molecule has 3 aromatic heterocycles. The summed E-state index contributed by atoms with van der Waals surface area (Å²) < 4.78 is 2.09. The number of nitrogens with zero attached hydrogens (tertiary/aromatic N) is 6. The number of rotatable bonds is 5. The maximum absolute atomic E-state index is 4.66. The minimum absolute atomic E-state index is 0.362. The molecule has 26 heavy (non-hydrogen) atoms. The van der Waals surface area contributed by atoms with E-state index in [9.17, 15) is 0 Å². The number of anilines is 2. The molecule has 1 fully saturated rings. The summed E-state index contributed by atoms with van der Waals surface area (Å²) in [4.78, 5) is 21.7. The molecule has 1 saturated heterocycles. The molecular formula is C18H23N7S. The standard InChI is InChI=1S/C18H23N7S/c1-13-10-22-18(26-13)23-17-16(20-5-6-21-17)14-4-3-8-25(11-14)12-15-19-7-9-24(15)2/h5-7,9-10,14H,3-4,8,11-12H2,1-2H3,(H,21,22,23)/t14-/m1/s1. The van der Waals surface area contributed by atoms with Crippen LogP contribution in [0.3, 0.4) is 0 Å². The topological polar surface area (TPSA) is 71.8 Å². The lowest BCUT2D eigenvalue weighted by molar-refractivity contribution is 0.193. The first kappa shape index (κ1) is 17.1. The van der Waals surface area contributed by atoms with Crippen LogP contribution in [0.4, 0.5) is 10.9 Å². The van der Waals surface area contributed by atoms with Gasteiger partial charge in [0, 0.05) is 55.4 Å². The third-order valence-corrected chi connectivity index (χ3v) is 5.58. The smallest absolute Gasteiger partial charge is 0.188 e. The summed E-state index contributed by atoms with van der Waals surface area (Å²) in [6, 6.07) is 0. The molecule has 3 aromatic rings. The van der Waals surface area contributed by atoms with E-state index in [1.54, 1.807) is 23.7 Å². The van der Waals surface area contributed by atoms with Gasteiger partial charge in [-0.05, 0) is 26.3 Å². The van der Waals surface area contributed by atoms with Crippen molar-refractivity contribution in [2.45, 2.75) is 32.2 Å². The SMILES string of the molecule is Cc1cnc(Nc2nccnc2[C@@H]2CCCN(Cc3nccn3C)C2)s1. The van der Waals surface area contributed by atoms with Crippen LogP contribution >= 0.6 is 11.3 Å². The Bertz CT molecular complexity index is 872. The molecule has 0 spiro atoms. The van der Waals surface area contributed by atoms with Crippen LogP contribution in [-0.4, -0.2) is 42.5 Å². The normalized spacial score (nSPS) is 18.2. The quantitative estimate of drug-likeness (QED) is 0.745. The molecule has 136 valence electrons. The molecule has 0 radical (unpaired) electrons. The van der Waals surface area contributed by atoms with Crippen LogP contribution < -0.4 is 5.32 Å². The Hall–Kier alpha value is -2.32. The Morgan fingerprint density at radius 1 is 1.19 bits per heavy atom. The van der Waals surface area contributed by atoms with E-state index in [-0.39, 0.29) is 0 Å². The minimum atomic E-state index is 0.362. The lowest BCUT2D eigenvalue weighted by Gasteiger charge is -2.32. The average Bonchev–Trinajstić information content (AvgIpc) is 3.24. The zero-order chi connectivity index (χ0) is 17.9. The third-order valence-electron chi connectivity index (χ3n) is 4.75. The van der Waals surface area contributed by atoms with Crippen molar-refractivity contribution in [3.8, 4) is 0 Å². The Balaban J connectivity index is 1.50. The van der Waals surface area contributed by atoms with E-state index in [2.05, 4.69) is 41.6 Å². The molecule has 1 aliphatic heterocycles. The predicted molar refractivity (Wildman–Crippen MR) is 103 cm³/mol. The number of likely N-dealkylation sites (tertiary alicyclic amines) is 1. The van der Waals surface area contributed by atoms with Crippen molar-refractivity contribution in [2.24, 2.45) is 7.05 Å². The van der Waals surface area contributed by atoms with Gasteiger partial charge < -0.3 is 9.88 Å². The Morgan fingerprint density at radius 3 is 2.85 bits per heavy atom. The van der Waals surface area contributed by atoms with Gasteiger partial charge in [0.05, 0.1) is 12.2 Å².